The van der Waals surface area contributed by atoms with Crippen molar-refractivity contribution in [2.75, 3.05) is 4.72 Å². The second kappa shape index (κ2) is 5.90. The van der Waals surface area contributed by atoms with Gasteiger partial charge in [-0.15, -0.1) is 0 Å². The van der Waals surface area contributed by atoms with Gasteiger partial charge in [-0.1, -0.05) is 12.1 Å². The lowest BCUT2D eigenvalue weighted by atomic mass is 10.2. The van der Waals surface area contributed by atoms with Crippen LogP contribution in [0.2, 0.25) is 0 Å². The van der Waals surface area contributed by atoms with Crippen LogP contribution in [-0.2, 0) is 16.6 Å². The van der Waals surface area contributed by atoms with E-state index in [2.05, 4.69) is 20.7 Å². The smallest absolute Gasteiger partial charge is 0.261 e. The highest BCUT2D eigenvalue weighted by atomic mass is 79.9. The first-order valence-electron chi connectivity index (χ1n) is 5.70. The number of nitrogens with two attached hydrogens (primary N) is 1. The van der Waals surface area contributed by atoms with Crippen molar-refractivity contribution >= 4 is 31.6 Å². The van der Waals surface area contributed by atoms with Crippen LogP contribution in [0.5, 0.6) is 0 Å². The van der Waals surface area contributed by atoms with Gasteiger partial charge in [0, 0.05) is 16.6 Å². The molecule has 7 heteroatoms. The molecule has 0 fully saturated rings. The predicted molar refractivity (Wildman–Crippen MR) is 79.2 cm³/mol. The van der Waals surface area contributed by atoms with Gasteiger partial charge in [0.2, 0.25) is 0 Å². The maximum Gasteiger partial charge on any atom is 0.261 e. The Kier molecular flexibility index (Phi) is 4.42. The average molecular weight is 359 g/mol. The van der Waals surface area contributed by atoms with Crippen LogP contribution in [0.3, 0.4) is 0 Å². The van der Waals surface area contributed by atoms with Crippen molar-refractivity contribution in [2.45, 2.75) is 11.4 Å². The van der Waals surface area contributed by atoms with Crippen molar-refractivity contribution in [2.24, 2.45) is 5.73 Å². The Balaban J connectivity index is 2.38. The van der Waals surface area contributed by atoms with Crippen LogP contribution < -0.4 is 10.5 Å². The summed E-state index contributed by atoms with van der Waals surface area (Å²) in [7, 11) is -3.79. The van der Waals surface area contributed by atoms with Gasteiger partial charge in [-0.25, -0.2) is 12.8 Å². The van der Waals surface area contributed by atoms with Gasteiger partial charge in [0.1, 0.15) is 5.82 Å². The van der Waals surface area contributed by atoms with Gasteiger partial charge in [-0.2, -0.15) is 0 Å². The summed E-state index contributed by atoms with van der Waals surface area (Å²) in [6.07, 6.45) is 0. The monoisotopic (exact) mass is 358 g/mol. The first kappa shape index (κ1) is 15.0. The minimum Gasteiger partial charge on any atom is -0.326 e. The maximum absolute atomic E-state index is 13.3. The van der Waals surface area contributed by atoms with Crippen LogP contribution in [0.4, 0.5) is 10.1 Å². The van der Waals surface area contributed by atoms with E-state index in [1.807, 2.05) is 0 Å². The lowest BCUT2D eigenvalue weighted by Gasteiger charge is -2.10. The van der Waals surface area contributed by atoms with Gasteiger partial charge in [0.05, 0.1) is 10.6 Å². The lowest BCUT2D eigenvalue weighted by molar-refractivity contribution is 0.596. The predicted octanol–water partition coefficient (Wildman–Crippen LogP) is 2.85. The molecule has 0 saturated carbocycles. The Labute approximate surface area is 125 Å². The maximum atomic E-state index is 13.3. The molecule has 0 saturated heterocycles. The molecule has 2 aromatic carbocycles. The van der Waals surface area contributed by atoms with Crippen molar-refractivity contribution in [1.82, 2.24) is 0 Å². The van der Waals surface area contributed by atoms with E-state index in [1.165, 1.54) is 12.1 Å². The van der Waals surface area contributed by atoms with E-state index in [-0.39, 0.29) is 17.0 Å². The van der Waals surface area contributed by atoms with Crippen LogP contribution in [0.15, 0.2) is 51.8 Å². The SMILES string of the molecule is NCc1cc(S(=O)(=O)Nc2ccccc2Br)ccc1F. The molecule has 3 N–H and O–H groups in total. The second-order valence-corrected chi connectivity index (χ2v) is 6.58. The molecule has 0 aromatic heterocycles. The van der Waals surface area contributed by atoms with Crippen LogP contribution in [-0.4, -0.2) is 8.42 Å². The molecule has 0 aliphatic carbocycles. The molecule has 106 valence electrons. The molecule has 4 nitrogen and oxygen atoms in total. The van der Waals surface area contributed by atoms with E-state index >= 15 is 0 Å². The molecule has 2 rings (SSSR count). The first-order chi connectivity index (χ1) is 9.44. The summed E-state index contributed by atoms with van der Waals surface area (Å²) in [5.41, 5.74) is 5.94. The molecule has 0 spiro atoms. The van der Waals surface area contributed by atoms with Crippen LogP contribution >= 0.6 is 15.9 Å². The third-order valence-electron chi connectivity index (χ3n) is 2.67. The van der Waals surface area contributed by atoms with Crippen molar-refractivity contribution < 1.29 is 12.8 Å². The highest BCUT2D eigenvalue weighted by Crippen LogP contribution is 2.25. The number of anilines is 1. The zero-order valence-electron chi connectivity index (χ0n) is 10.3. The van der Waals surface area contributed by atoms with E-state index in [9.17, 15) is 12.8 Å². The Bertz CT molecular complexity index is 735. The molecule has 0 atom stereocenters. The molecule has 20 heavy (non-hydrogen) atoms. The third-order valence-corrected chi connectivity index (χ3v) is 4.72. The van der Waals surface area contributed by atoms with Crippen LogP contribution in [0.1, 0.15) is 5.56 Å². The zero-order chi connectivity index (χ0) is 14.8. The van der Waals surface area contributed by atoms with E-state index in [4.69, 9.17) is 5.73 Å². The minimum atomic E-state index is -3.79. The quantitative estimate of drug-likeness (QED) is 0.882. The topological polar surface area (TPSA) is 72.2 Å². The Hall–Kier alpha value is -1.44. The molecule has 0 amide bonds. The number of benzene rings is 2. The largest absolute Gasteiger partial charge is 0.326 e. The number of hydrogen-bond donors (Lipinski definition) is 2. The summed E-state index contributed by atoms with van der Waals surface area (Å²) >= 11 is 3.25. The summed E-state index contributed by atoms with van der Waals surface area (Å²) in [5, 5.41) is 0. The van der Waals surface area contributed by atoms with Crippen molar-refractivity contribution in [1.29, 1.82) is 0 Å². The second-order valence-electron chi connectivity index (χ2n) is 4.04. The minimum absolute atomic E-state index is 0.0323. The molecule has 0 heterocycles. The summed E-state index contributed by atoms with van der Waals surface area (Å²) in [4.78, 5) is -0.0323. The summed E-state index contributed by atoms with van der Waals surface area (Å²) in [6.45, 7) is -0.0653. The van der Waals surface area contributed by atoms with Gasteiger partial charge in [0.15, 0.2) is 0 Å². The molecular formula is C13H12BrFN2O2S. The van der Waals surface area contributed by atoms with Gasteiger partial charge in [-0.05, 0) is 46.3 Å². The average Bonchev–Trinajstić information content (AvgIpc) is 2.41. The van der Waals surface area contributed by atoms with Crippen molar-refractivity contribution in [3.05, 3.63) is 58.3 Å². The zero-order valence-corrected chi connectivity index (χ0v) is 12.7. The highest BCUT2D eigenvalue weighted by Gasteiger charge is 2.17. The lowest BCUT2D eigenvalue weighted by Crippen LogP contribution is -2.14. The molecule has 0 radical (unpaired) electrons. The third kappa shape index (κ3) is 3.17. The fourth-order valence-corrected chi connectivity index (χ4v) is 3.27. The van der Waals surface area contributed by atoms with E-state index < -0.39 is 15.8 Å². The molecule has 2 aromatic rings. The van der Waals surface area contributed by atoms with Gasteiger partial charge in [0.25, 0.3) is 10.0 Å². The van der Waals surface area contributed by atoms with Gasteiger partial charge >= 0.3 is 0 Å². The number of nitrogens with one attached hydrogen (secondary N) is 1. The Morgan fingerprint density at radius 3 is 2.55 bits per heavy atom. The van der Waals surface area contributed by atoms with E-state index in [0.717, 1.165) is 6.07 Å². The van der Waals surface area contributed by atoms with Crippen LogP contribution in [0.25, 0.3) is 0 Å². The van der Waals surface area contributed by atoms with E-state index in [0.29, 0.717) is 10.2 Å². The highest BCUT2D eigenvalue weighted by molar-refractivity contribution is 9.10. The van der Waals surface area contributed by atoms with Gasteiger partial charge in [-0.3, -0.25) is 4.72 Å². The molecule has 0 aliphatic rings. The van der Waals surface area contributed by atoms with Gasteiger partial charge < -0.3 is 5.73 Å². The standard InChI is InChI=1S/C13H12BrFN2O2S/c14-11-3-1-2-4-13(11)17-20(18,19)10-5-6-12(15)9(7-10)8-16/h1-7,17H,8,16H2. The first-order valence-corrected chi connectivity index (χ1v) is 7.97. The molecule has 0 bridgehead atoms. The number of para-hydroxylation sites is 1. The van der Waals surface area contributed by atoms with Crippen LogP contribution in [0, 0.1) is 5.82 Å². The fraction of sp³-hybridized carbons (Fsp3) is 0.0769. The molecule has 0 unspecified atom stereocenters. The van der Waals surface area contributed by atoms with Crippen molar-refractivity contribution in [3.63, 3.8) is 0 Å². The number of rotatable bonds is 4. The summed E-state index contributed by atoms with van der Waals surface area (Å²) in [5.74, 6) is -0.521. The summed E-state index contributed by atoms with van der Waals surface area (Å²) < 4.78 is 40.9. The summed E-state index contributed by atoms with van der Waals surface area (Å²) in [6, 6.07) is 10.3. The Morgan fingerprint density at radius 1 is 1.20 bits per heavy atom. The Morgan fingerprint density at radius 2 is 1.90 bits per heavy atom. The molecular weight excluding hydrogens is 347 g/mol. The number of hydrogen-bond acceptors (Lipinski definition) is 3. The fourth-order valence-electron chi connectivity index (χ4n) is 1.62. The molecule has 0 aliphatic heterocycles. The normalized spacial score (nSPS) is 11.3. The number of halogens is 2. The van der Waals surface area contributed by atoms with Crippen molar-refractivity contribution in [3.8, 4) is 0 Å². The number of sulfonamides is 1. The van der Waals surface area contributed by atoms with E-state index in [1.54, 1.807) is 24.3 Å².